The van der Waals surface area contributed by atoms with Crippen molar-refractivity contribution in [3.8, 4) is 0 Å². The number of nitrogens with zero attached hydrogens (tertiary/aromatic N) is 4. The third kappa shape index (κ3) is 2.54. The summed E-state index contributed by atoms with van der Waals surface area (Å²) < 4.78 is 29.3. The first kappa shape index (κ1) is 15.4. The van der Waals surface area contributed by atoms with Gasteiger partial charge in [-0.2, -0.15) is 5.10 Å². The second kappa shape index (κ2) is 5.60. The molecule has 1 aliphatic heterocycles. The molecule has 23 heavy (non-hydrogen) atoms. The monoisotopic (exact) mass is 322 g/mol. The number of hydrogen-bond donors (Lipinski definition) is 0. The molecule has 6 nitrogen and oxygen atoms in total. The van der Waals surface area contributed by atoms with E-state index in [-0.39, 0.29) is 17.2 Å². The number of aromatic nitrogens is 2. The minimum atomic E-state index is -0.576. The van der Waals surface area contributed by atoms with Crippen LogP contribution < -0.4 is 4.90 Å². The van der Waals surface area contributed by atoms with Crippen LogP contribution in [0.3, 0.4) is 0 Å². The van der Waals surface area contributed by atoms with Crippen LogP contribution in [0.15, 0.2) is 18.2 Å². The molecule has 1 unspecified atom stereocenters. The van der Waals surface area contributed by atoms with Crippen molar-refractivity contribution >= 4 is 11.5 Å². The standard InChI is InChI=1S/C15H16F2N4O2/c1-9-14(21(22)23)15(19(2)18-9)20-7-6-10(8-20)13-11(16)4-3-5-12(13)17/h3-5,10H,6-8H2,1-2H3. The first-order valence-corrected chi connectivity index (χ1v) is 7.27. The molecular formula is C15H16F2N4O2. The molecule has 1 aliphatic rings. The topological polar surface area (TPSA) is 64.2 Å². The van der Waals surface area contributed by atoms with E-state index in [1.807, 2.05) is 0 Å². The van der Waals surface area contributed by atoms with Crippen molar-refractivity contribution in [2.45, 2.75) is 19.3 Å². The van der Waals surface area contributed by atoms with Crippen LogP contribution in [0.1, 0.15) is 23.6 Å². The summed E-state index contributed by atoms with van der Waals surface area (Å²) in [5.74, 6) is -1.11. The van der Waals surface area contributed by atoms with Crippen LogP contribution in [-0.4, -0.2) is 27.8 Å². The van der Waals surface area contributed by atoms with E-state index in [9.17, 15) is 18.9 Å². The van der Waals surface area contributed by atoms with E-state index in [0.717, 1.165) is 0 Å². The number of halogens is 2. The van der Waals surface area contributed by atoms with Gasteiger partial charge in [0.2, 0.25) is 5.82 Å². The van der Waals surface area contributed by atoms with Gasteiger partial charge in [0.25, 0.3) is 0 Å². The maximum absolute atomic E-state index is 13.9. The lowest BCUT2D eigenvalue weighted by atomic mass is 9.97. The fourth-order valence-corrected chi connectivity index (χ4v) is 3.29. The quantitative estimate of drug-likeness (QED) is 0.644. The summed E-state index contributed by atoms with van der Waals surface area (Å²) >= 11 is 0. The fourth-order valence-electron chi connectivity index (χ4n) is 3.29. The Morgan fingerprint density at radius 2 is 2.00 bits per heavy atom. The fraction of sp³-hybridized carbons (Fsp3) is 0.400. The number of nitro groups is 1. The molecule has 1 atom stereocenters. The molecule has 0 bridgehead atoms. The average molecular weight is 322 g/mol. The summed E-state index contributed by atoms with van der Waals surface area (Å²) in [6, 6.07) is 3.80. The molecule has 122 valence electrons. The molecule has 0 radical (unpaired) electrons. The van der Waals surface area contributed by atoms with Crippen molar-refractivity contribution in [3.63, 3.8) is 0 Å². The van der Waals surface area contributed by atoms with Gasteiger partial charge in [-0.1, -0.05) is 6.07 Å². The Bertz CT molecular complexity index is 755. The third-order valence-electron chi connectivity index (χ3n) is 4.24. The lowest BCUT2D eigenvalue weighted by molar-refractivity contribution is -0.384. The molecule has 2 aromatic rings. The Labute approximate surface area is 131 Å². The molecule has 0 N–H and O–H groups in total. The van der Waals surface area contributed by atoms with Crippen LogP contribution in [0, 0.1) is 28.7 Å². The number of aryl methyl sites for hydroxylation is 2. The average Bonchev–Trinajstić information content (AvgIpc) is 3.02. The Morgan fingerprint density at radius 1 is 1.35 bits per heavy atom. The Hall–Kier alpha value is -2.51. The Balaban J connectivity index is 1.94. The number of hydrogen-bond acceptors (Lipinski definition) is 4. The minimum absolute atomic E-state index is 0.0524. The van der Waals surface area contributed by atoms with E-state index >= 15 is 0 Å². The van der Waals surface area contributed by atoms with Crippen LogP contribution in [0.25, 0.3) is 0 Å². The van der Waals surface area contributed by atoms with Gasteiger partial charge >= 0.3 is 5.69 Å². The zero-order valence-corrected chi connectivity index (χ0v) is 12.8. The molecule has 3 rings (SSSR count). The van der Waals surface area contributed by atoms with E-state index in [1.54, 1.807) is 18.9 Å². The third-order valence-corrected chi connectivity index (χ3v) is 4.24. The zero-order chi connectivity index (χ0) is 16.7. The van der Waals surface area contributed by atoms with Gasteiger partial charge < -0.3 is 4.90 Å². The zero-order valence-electron chi connectivity index (χ0n) is 12.8. The second-order valence-electron chi connectivity index (χ2n) is 5.71. The van der Waals surface area contributed by atoms with Crippen LogP contribution in [0.5, 0.6) is 0 Å². The summed E-state index contributed by atoms with van der Waals surface area (Å²) in [6.07, 6.45) is 0.527. The summed E-state index contributed by atoms with van der Waals surface area (Å²) in [6.45, 7) is 2.38. The van der Waals surface area contributed by atoms with E-state index in [2.05, 4.69) is 5.10 Å². The SMILES string of the molecule is Cc1nn(C)c(N2CCC(c3c(F)cccc3F)C2)c1[N+](=O)[O-]. The first-order valence-electron chi connectivity index (χ1n) is 7.27. The molecule has 0 spiro atoms. The molecule has 8 heteroatoms. The van der Waals surface area contributed by atoms with Crippen molar-refractivity contribution in [3.05, 3.63) is 51.2 Å². The molecule has 1 fully saturated rings. The van der Waals surface area contributed by atoms with Crippen LogP contribution in [-0.2, 0) is 7.05 Å². The summed E-state index contributed by atoms with van der Waals surface area (Å²) in [4.78, 5) is 12.6. The molecule has 2 heterocycles. The van der Waals surface area contributed by atoms with Crippen molar-refractivity contribution in [2.75, 3.05) is 18.0 Å². The van der Waals surface area contributed by atoms with Crippen molar-refractivity contribution in [1.29, 1.82) is 0 Å². The Morgan fingerprint density at radius 3 is 2.61 bits per heavy atom. The molecule has 0 saturated carbocycles. The maximum Gasteiger partial charge on any atom is 0.333 e. The highest BCUT2D eigenvalue weighted by Gasteiger charge is 2.35. The Kier molecular flexibility index (Phi) is 3.75. The molecule has 1 aromatic carbocycles. The lowest BCUT2D eigenvalue weighted by Crippen LogP contribution is -2.23. The smallest absolute Gasteiger partial charge is 0.333 e. The van der Waals surface area contributed by atoms with Crippen LogP contribution in [0.2, 0.25) is 0 Å². The summed E-state index contributed by atoms with van der Waals surface area (Å²) in [5, 5.41) is 15.4. The molecule has 0 amide bonds. The van der Waals surface area contributed by atoms with Gasteiger partial charge in [0, 0.05) is 31.6 Å². The van der Waals surface area contributed by atoms with Gasteiger partial charge in [-0.3, -0.25) is 10.1 Å². The minimum Gasteiger partial charge on any atom is -0.350 e. The maximum atomic E-state index is 13.9. The highest BCUT2D eigenvalue weighted by atomic mass is 19.1. The van der Waals surface area contributed by atoms with Gasteiger partial charge in [-0.25, -0.2) is 13.5 Å². The van der Waals surface area contributed by atoms with E-state index in [0.29, 0.717) is 31.0 Å². The first-order chi connectivity index (χ1) is 10.9. The van der Waals surface area contributed by atoms with E-state index in [4.69, 9.17) is 0 Å². The summed E-state index contributed by atoms with van der Waals surface area (Å²) in [7, 11) is 1.63. The van der Waals surface area contributed by atoms with E-state index < -0.39 is 16.6 Å². The number of anilines is 1. The normalized spacial score (nSPS) is 17.7. The second-order valence-corrected chi connectivity index (χ2v) is 5.71. The van der Waals surface area contributed by atoms with Gasteiger partial charge in [-0.15, -0.1) is 0 Å². The van der Waals surface area contributed by atoms with Gasteiger partial charge in [0.05, 0.1) is 4.92 Å². The summed E-state index contributed by atoms with van der Waals surface area (Å²) in [5.41, 5.74) is 0.326. The molecular weight excluding hydrogens is 306 g/mol. The molecule has 1 saturated heterocycles. The van der Waals surface area contributed by atoms with Crippen LogP contribution in [0.4, 0.5) is 20.3 Å². The van der Waals surface area contributed by atoms with Crippen molar-refractivity contribution < 1.29 is 13.7 Å². The molecule has 1 aromatic heterocycles. The predicted octanol–water partition coefficient (Wildman–Crippen LogP) is 2.91. The largest absolute Gasteiger partial charge is 0.350 e. The highest BCUT2D eigenvalue weighted by molar-refractivity contribution is 5.62. The predicted molar refractivity (Wildman–Crippen MR) is 80.5 cm³/mol. The lowest BCUT2D eigenvalue weighted by Gasteiger charge is -2.18. The van der Waals surface area contributed by atoms with Gasteiger partial charge in [0.1, 0.15) is 17.3 Å². The number of benzene rings is 1. The van der Waals surface area contributed by atoms with Gasteiger partial charge in [-0.05, 0) is 25.5 Å². The van der Waals surface area contributed by atoms with E-state index in [1.165, 1.54) is 22.9 Å². The highest BCUT2D eigenvalue weighted by Crippen LogP contribution is 2.38. The van der Waals surface area contributed by atoms with Crippen molar-refractivity contribution in [1.82, 2.24) is 9.78 Å². The van der Waals surface area contributed by atoms with Crippen LogP contribution >= 0.6 is 0 Å². The van der Waals surface area contributed by atoms with Crippen molar-refractivity contribution in [2.24, 2.45) is 7.05 Å². The molecule has 0 aliphatic carbocycles. The van der Waals surface area contributed by atoms with Gasteiger partial charge in [0.15, 0.2) is 0 Å². The number of rotatable bonds is 3.